The van der Waals surface area contributed by atoms with Crippen molar-refractivity contribution in [3.8, 4) is 0 Å². The Bertz CT molecular complexity index is 1190. The lowest BCUT2D eigenvalue weighted by atomic mass is 10.1. The highest BCUT2D eigenvalue weighted by atomic mass is 19.4. The average Bonchev–Trinajstić information content (AvgIpc) is 3.36. The molecule has 0 aliphatic carbocycles. The predicted octanol–water partition coefficient (Wildman–Crippen LogP) is 2.20. The third-order valence-corrected chi connectivity index (χ3v) is 6.24. The van der Waals surface area contributed by atoms with Crippen LogP contribution in [0.5, 0.6) is 0 Å². The van der Waals surface area contributed by atoms with Gasteiger partial charge in [-0.25, -0.2) is 9.78 Å². The summed E-state index contributed by atoms with van der Waals surface area (Å²) in [7, 11) is 0. The van der Waals surface area contributed by atoms with Gasteiger partial charge in [0.15, 0.2) is 0 Å². The molecule has 1 aromatic heterocycles. The molecule has 1 saturated heterocycles. The van der Waals surface area contributed by atoms with Crippen LogP contribution in [0.3, 0.4) is 0 Å². The molecule has 4 N–H and O–H groups in total. The maximum Gasteiger partial charge on any atom is 0.491 e. The minimum atomic E-state index is -5.30. The van der Waals surface area contributed by atoms with Gasteiger partial charge in [0.1, 0.15) is 11.9 Å². The number of rotatable bonds is 10. The molecule has 1 aliphatic heterocycles. The highest BCUT2D eigenvalue weighted by molar-refractivity contribution is 5.93. The zero-order valence-corrected chi connectivity index (χ0v) is 20.8. The van der Waals surface area contributed by atoms with Crippen molar-refractivity contribution in [1.29, 1.82) is 0 Å². The molecule has 0 spiro atoms. The Morgan fingerprint density at radius 1 is 1.24 bits per heavy atom. The van der Waals surface area contributed by atoms with E-state index in [0.29, 0.717) is 31.6 Å². The molecule has 1 aromatic carbocycles. The summed E-state index contributed by atoms with van der Waals surface area (Å²) in [6.07, 6.45) is -1.07. The maximum absolute atomic E-state index is 13.3. The van der Waals surface area contributed by atoms with Crippen molar-refractivity contribution in [3.05, 3.63) is 36.0 Å². The number of carbonyl (C=O) groups excluding carboxylic acids is 4. The Kier molecular flexibility index (Phi) is 9.61. The van der Waals surface area contributed by atoms with Crippen molar-refractivity contribution in [2.24, 2.45) is 0 Å². The lowest BCUT2D eigenvalue weighted by Crippen LogP contribution is -2.53. The summed E-state index contributed by atoms with van der Waals surface area (Å²) in [5, 5.41) is 7.12. The molecule has 0 unspecified atom stereocenters. The number of aromatic nitrogens is 1. The number of unbranched alkanes of at least 4 members (excludes halogenated alkanes) is 1. The van der Waals surface area contributed by atoms with Crippen molar-refractivity contribution in [2.45, 2.75) is 63.8 Å². The summed E-state index contributed by atoms with van der Waals surface area (Å²) in [6.45, 7) is 1.67. The van der Waals surface area contributed by atoms with E-state index in [9.17, 15) is 32.3 Å². The van der Waals surface area contributed by atoms with E-state index in [-0.39, 0.29) is 18.9 Å². The number of anilines is 1. The first-order valence-electron chi connectivity index (χ1n) is 12.3. The fourth-order valence-corrected chi connectivity index (χ4v) is 4.30. The second-order valence-electron chi connectivity index (χ2n) is 8.99. The second-order valence-corrected chi connectivity index (χ2v) is 8.99. The van der Waals surface area contributed by atoms with Gasteiger partial charge in [-0.2, -0.15) is 13.2 Å². The number of amides is 2. The van der Waals surface area contributed by atoms with Crippen LogP contribution in [0.25, 0.3) is 10.8 Å². The smallest absolute Gasteiger partial charge is 0.385 e. The number of fused-ring (bicyclic) bond motifs is 1. The minimum Gasteiger partial charge on any atom is -0.385 e. The molecule has 2 aromatic rings. The number of benzene rings is 1. The Balaban J connectivity index is 1.61. The Morgan fingerprint density at radius 2 is 2.00 bits per heavy atom. The van der Waals surface area contributed by atoms with Gasteiger partial charge in [0.2, 0.25) is 11.8 Å². The fraction of sp³-hybridized carbons (Fsp3) is 0.480. The van der Waals surface area contributed by atoms with E-state index >= 15 is 0 Å². The molecule has 1 fully saturated rings. The highest BCUT2D eigenvalue weighted by Crippen LogP contribution is 2.22. The monoisotopic (exact) mass is 537 g/mol. The maximum atomic E-state index is 13.3. The van der Waals surface area contributed by atoms with Gasteiger partial charge < -0.3 is 20.7 Å². The molecule has 0 bridgehead atoms. The molecule has 0 radical (unpaired) electrons. The molecular weight excluding hydrogens is 507 g/mol. The van der Waals surface area contributed by atoms with Crippen molar-refractivity contribution >= 4 is 40.3 Å². The second kappa shape index (κ2) is 12.7. The van der Waals surface area contributed by atoms with Gasteiger partial charge in [0.05, 0.1) is 12.6 Å². The number of pyridine rings is 1. The summed E-state index contributed by atoms with van der Waals surface area (Å²) in [6, 6.07) is 5.68. The van der Waals surface area contributed by atoms with Crippen LogP contribution in [0.1, 0.15) is 44.6 Å². The molecule has 3 rings (SSSR count). The van der Waals surface area contributed by atoms with Crippen LogP contribution in [0.4, 0.5) is 19.0 Å². The van der Waals surface area contributed by atoms with Crippen molar-refractivity contribution < 1.29 is 37.1 Å². The van der Waals surface area contributed by atoms with E-state index < -0.39 is 42.7 Å². The number of nitrogens with two attached hydrogens (primary N) is 1. The molecule has 206 valence electrons. The largest absolute Gasteiger partial charge is 0.491 e. The van der Waals surface area contributed by atoms with Crippen molar-refractivity contribution in [3.63, 3.8) is 0 Å². The van der Waals surface area contributed by atoms with Crippen LogP contribution in [-0.2, 0) is 30.5 Å². The lowest BCUT2D eigenvalue weighted by molar-refractivity contribution is -0.201. The number of alkyl halides is 3. The number of nitrogens with zero attached hydrogens (tertiary/aromatic N) is 2. The van der Waals surface area contributed by atoms with Crippen LogP contribution in [-0.4, -0.2) is 65.0 Å². The standard InChI is InChI=1S/C25H30F3N5O5/c1-2-3-5-18(31-14-20(34)38-24(37)25(26,27)28)23(36)33-11-4-6-19(33)22(35)32-13-15-7-8-17-16(12-15)9-10-30-21(17)29/h7-10,12,18-19,31H,2-6,11,13-14H2,1H3,(H2,29,30)(H,32,35)/t18-,19+/m1/s1. The fourth-order valence-electron chi connectivity index (χ4n) is 4.30. The Morgan fingerprint density at radius 3 is 2.71 bits per heavy atom. The molecule has 1 aliphatic rings. The van der Waals surface area contributed by atoms with Crippen molar-refractivity contribution in [2.75, 3.05) is 18.8 Å². The predicted molar refractivity (Wildman–Crippen MR) is 131 cm³/mol. The van der Waals surface area contributed by atoms with Crippen LogP contribution < -0.4 is 16.4 Å². The van der Waals surface area contributed by atoms with Gasteiger partial charge in [-0.15, -0.1) is 0 Å². The minimum absolute atomic E-state index is 0.228. The summed E-state index contributed by atoms with van der Waals surface area (Å²) in [4.78, 5) is 54.3. The number of carbonyl (C=O) groups is 4. The van der Waals surface area contributed by atoms with Crippen LogP contribution in [0.2, 0.25) is 0 Å². The van der Waals surface area contributed by atoms with E-state index in [0.717, 1.165) is 22.8 Å². The molecule has 0 saturated carbocycles. The Hall–Kier alpha value is -3.74. The van der Waals surface area contributed by atoms with Gasteiger partial charge in [0, 0.05) is 24.7 Å². The molecular formula is C25H30F3N5O5. The quantitative estimate of drug-likeness (QED) is 0.309. The van der Waals surface area contributed by atoms with Gasteiger partial charge in [0.25, 0.3) is 0 Å². The van der Waals surface area contributed by atoms with E-state index in [2.05, 4.69) is 20.4 Å². The number of likely N-dealkylation sites (tertiary alicyclic amines) is 1. The third-order valence-electron chi connectivity index (χ3n) is 6.24. The normalized spacial score (nSPS) is 16.3. The number of hydrogen-bond donors (Lipinski definition) is 3. The first kappa shape index (κ1) is 28.8. The number of nitrogens with one attached hydrogen (secondary N) is 2. The zero-order valence-electron chi connectivity index (χ0n) is 20.8. The third kappa shape index (κ3) is 7.40. The summed E-state index contributed by atoms with van der Waals surface area (Å²) < 4.78 is 40.8. The molecule has 2 heterocycles. The Labute approximate surface area is 217 Å². The highest BCUT2D eigenvalue weighted by Gasteiger charge is 2.42. The number of halogens is 3. The zero-order chi connectivity index (χ0) is 27.9. The van der Waals surface area contributed by atoms with E-state index in [1.807, 2.05) is 31.2 Å². The summed E-state index contributed by atoms with van der Waals surface area (Å²) in [5.74, 6) is -4.45. The number of hydrogen-bond acceptors (Lipinski definition) is 8. The molecule has 2 atom stereocenters. The lowest BCUT2D eigenvalue weighted by Gasteiger charge is -2.28. The molecule has 38 heavy (non-hydrogen) atoms. The van der Waals surface area contributed by atoms with E-state index in [1.165, 1.54) is 4.90 Å². The van der Waals surface area contributed by atoms with Crippen LogP contribution >= 0.6 is 0 Å². The van der Waals surface area contributed by atoms with Gasteiger partial charge >= 0.3 is 18.1 Å². The van der Waals surface area contributed by atoms with Crippen LogP contribution in [0, 0.1) is 0 Å². The van der Waals surface area contributed by atoms with E-state index in [1.54, 1.807) is 6.20 Å². The van der Waals surface area contributed by atoms with Gasteiger partial charge in [-0.3, -0.25) is 19.7 Å². The molecule has 13 heteroatoms. The van der Waals surface area contributed by atoms with Gasteiger partial charge in [-0.05, 0) is 42.3 Å². The number of nitrogen functional groups attached to an aromatic ring is 1. The summed E-state index contributed by atoms with van der Waals surface area (Å²) >= 11 is 0. The van der Waals surface area contributed by atoms with Gasteiger partial charge in [-0.1, -0.05) is 31.9 Å². The first-order chi connectivity index (χ1) is 18.0. The topological polar surface area (TPSA) is 144 Å². The average molecular weight is 538 g/mol. The SMILES string of the molecule is CCCC[C@@H](NCC(=O)OC(=O)C(F)(F)F)C(=O)N1CCC[C@H]1C(=O)NCc1ccc2c(N)nccc2c1. The van der Waals surface area contributed by atoms with Crippen molar-refractivity contribution in [1.82, 2.24) is 20.5 Å². The number of esters is 2. The van der Waals surface area contributed by atoms with Crippen LogP contribution in [0.15, 0.2) is 30.5 Å². The first-order valence-corrected chi connectivity index (χ1v) is 12.3. The molecule has 2 amide bonds. The molecule has 10 nitrogen and oxygen atoms in total. The summed E-state index contributed by atoms with van der Waals surface area (Å²) in [5.41, 5.74) is 6.71. The number of ether oxygens (including phenoxy) is 1. The van der Waals surface area contributed by atoms with E-state index in [4.69, 9.17) is 5.73 Å².